The van der Waals surface area contributed by atoms with Crippen LogP contribution in [0.4, 0.5) is 10.2 Å². The fourth-order valence-corrected chi connectivity index (χ4v) is 4.30. The molecule has 0 spiro atoms. The molecule has 6 nitrogen and oxygen atoms in total. The number of carbonyl (C=O) groups excluding carboxylic acids is 1. The summed E-state index contributed by atoms with van der Waals surface area (Å²) in [4.78, 5) is 19.8. The quantitative estimate of drug-likeness (QED) is 0.668. The van der Waals surface area contributed by atoms with E-state index in [9.17, 15) is 9.18 Å². The summed E-state index contributed by atoms with van der Waals surface area (Å²) in [5, 5.41) is 7.56. The molecule has 7 heteroatoms. The molecule has 0 radical (unpaired) electrons. The van der Waals surface area contributed by atoms with Crippen molar-refractivity contribution in [3.63, 3.8) is 0 Å². The van der Waals surface area contributed by atoms with Gasteiger partial charge in [-0.3, -0.25) is 9.48 Å². The lowest BCUT2D eigenvalue weighted by Gasteiger charge is -2.40. The number of aromatic nitrogens is 3. The number of anilines is 1. The van der Waals surface area contributed by atoms with Crippen LogP contribution < -0.4 is 5.32 Å². The lowest BCUT2D eigenvalue weighted by Crippen LogP contribution is -2.51. The molecule has 1 saturated heterocycles. The largest absolute Gasteiger partial charge is 0.368 e. The number of nitrogens with one attached hydrogen (secondary N) is 1. The molecule has 1 aliphatic heterocycles. The van der Waals surface area contributed by atoms with E-state index in [0.29, 0.717) is 30.4 Å². The van der Waals surface area contributed by atoms with Gasteiger partial charge < -0.3 is 10.2 Å². The van der Waals surface area contributed by atoms with E-state index >= 15 is 0 Å². The minimum Gasteiger partial charge on any atom is -0.368 e. The molecule has 162 valence electrons. The molecule has 0 saturated carbocycles. The van der Waals surface area contributed by atoms with Gasteiger partial charge in [-0.05, 0) is 49.4 Å². The van der Waals surface area contributed by atoms with Crippen LogP contribution in [0, 0.1) is 18.7 Å². The molecule has 1 fully saturated rings. The Hall–Kier alpha value is -3.22. The highest BCUT2D eigenvalue weighted by atomic mass is 19.1. The number of aryl methyl sites for hydroxylation is 2. The first-order valence-electron chi connectivity index (χ1n) is 10.7. The van der Waals surface area contributed by atoms with Crippen molar-refractivity contribution in [1.82, 2.24) is 19.7 Å². The molecule has 3 aromatic rings. The average molecular weight is 422 g/mol. The first kappa shape index (κ1) is 21.0. The summed E-state index contributed by atoms with van der Waals surface area (Å²) in [6.45, 7) is 5.47. The lowest BCUT2D eigenvalue weighted by atomic mass is 9.89. The fraction of sp³-hybridized carbons (Fsp3) is 0.375. The summed E-state index contributed by atoms with van der Waals surface area (Å²) in [6, 6.07) is 9.02. The second kappa shape index (κ2) is 8.88. The summed E-state index contributed by atoms with van der Waals surface area (Å²) in [7, 11) is 1.87. The maximum Gasteiger partial charge on any atom is 0.254 e. The Kier molecular flexibility index (Phi) is 6.02. The first-order valence-corrected chi connectivity index (χ1v) is 10.7. The van der Waals surface area contributed by atoms with Gasteiger partial charge in [-0.15, -0.1) is 0 Å². The molecule has 2 atom stereocenters. The Morgan fingerprint density at radius 1 is 1.26 bits per heavy atom. The van der Waals surface area contributed by atoms with Crippen LogP contribution in [-0.4, -0.2) is 44.7 Å². The predicted octanol–water partition coefficient (Wildman–Crippen LogP) is 4.28. The standard InChI is InChI=1S/C24H28FN5O/c1-16-6-8-20(18-12-28-29(3)15-18)21(11-16)24(31)30-10-4-5-17(2)22(30)14-27-23-9-7-19(25)13-26-23/h6-9,11-13,15,17,22H,4-5,10,14H2,1-3H3,(H,26,27). The first-order chi connectivity index (χ1) is 14.9. The highest BCUT2D eigenvalue weighted by Gasteiger charge is 2.33. The van der Waals surface area contributed by atoms with Crippen LogP contribution in [0.15, 0.2) is 48.9 Å². The Balaban J connectivity index is 1.61. The molecule has 1 N–H and O–H groups in total. The average Bonchev–Trinajstić information content (AvgIpc) is 3.19. The molecular weight excluding hydrogens is 393 g/mol. The second-order valence-electron chi connectivity index (χ2n) is 8.38. The Morgan fingerprint density at radius 2 is 2.10 bits per heavy atom. The van der Waals surface area contributed by atoms with Crippen LogP contribution >= 0.6 is 0 Å². The predicted molar refractivity (Wildman–Crippen MR) is 119 cm³/mol. The molecule has 3 heterocycles. The van der Waals surface area contributed by atoms with E-state index in [1.807, 2.05) is 43.3 Å². The Morgan fingerprint density at radius 3 is 2.81 bits per heavy atom. The van der Waals surface area contributed by atoms with Crippen molar-refractivity contribution in [2.24, 2.45) is 13.0 Å². The molecule has 2 aromatic heterocycles. The van der Waals surface area contributed by atoms with Gasteiger partial charge in [0.15, 0.2) is 0 Å². The molecule has 0 aliphatic carbocycles. The van der Waals surface area contributed by atoms with Gasteiger partial charge in [0, 0.05) is 37.5 Å². The van der Waals surface area contributed by atoms with E-state index in [-0.39, 0.29) is 17.8 Å². The number of benzene rings is 1. The number of halogens is 1. The van der Waals surface area contributed by atoms with Gasteiger partial charge in [0.05, 0.1) is 18.4 Å². The third-order valence-corrected chi connectivity index (χ3v) is 6.02. The number of piperidine rings is 1. The zero-order valence-corrected chi connectivity index (χ0v) is 18.2. The van der Waals surface area contributed by atoms with E-state index in [1.54, 1.807) is 16.9 Å². The number of likely N-dealkylation sites (tertiary alicyclic amines) is 1. The van der Waals surface area contributed by atoms with Gasteiger partial charge in [0.1, 0.15) is 11.6 Å². The van der Waals surface area contributed by atoms with Crippen molar-refractivity contribution in [2.75, 3.05) is 18.4 Å². The Labute approximate surface area is 182 Å². The summed E-state index contributed by atoms with van der Waals surface area (Å²) >= 11 is 0. The minimum absolute atomic E-state index is 0.0235. The van der Waals surface area contributed by atoms with Crippen LogP contribution in [0.1, 0.15) is 35.7 Å². The van der Waals surface area contributed by atoms with Gasteiger partial charge in [0.25, 0.3) is 5.91 Å². The number of pyridine rings is 1. The summed E-state index contributed by atoms with van der Waals surface area (Å²) in [6.07, 6.45) is 6.96. The normalized spacial score (nSPS) is 18.8. The number of amides is 1. The van der Waals surface area contributed by atoms with E-state index in [0.717, 1.165) is 29.5 Å². The highest BCUT2D eigenvalue weighted by Crippen LogP contribution is 2.30. The van der Waals surface area contributed by atoms with Crippen molar-refractivity contribution >= 4 is 11.7 Å². The van der Waals surface area contributed by atoms with Crippen molar-refractivity contribution in [3.8, 4) is 11.1 Å². The molecule has 2 unspecified atom stereocenters. The van der Waals surface area contributed by atoms with Crippen LogP contribution in [0.5, 0.6) is 0 Å². The number of hydrogen-bond donors (Lipinski definition) is 1. The fourth-order valence-electron chi connectivity index (χ4n) is 4.30. The van der Waals surface area contributed by atoms with E-state index in [4.69, 9.17) is 0 Å². The zero-order valence-electron chi connectivity index (χ0n) is 18.2. The van der Waals surface area contributed by atoms with Gasteiger partial charge in [-0.25, -0.2) is 9.37 Å². The summed E-state index contributed by atoms with van der Waals surface area (Å²) in [5.74, 6) is 0.624. The van der Waals surface area contributed by atoms with Crippen LogP contribution in [0.2, 0.25) is 0 Å². The molecule has 1 aromatic carbocycles. The number of nitrogens with zero attached hydrogens (tertiary/aromatic N) is 4. The maximum absolute atomic E-state index is 13.8. The third-order valence-electron chi connectivity index (χ3n) is 6.02. The molecule has 1 aliphatic rings. The van der Waals surface area contributed by atoms with E-state index in [1.165, 1.54) is 12.3 Å². The molecule has 0 bridgehead atoms. The van der Waals surface area contributed by atoms with Gasteiger partial charge in [-0.2, -0.15) is 5.10 Å². The van der Waals surface area contributed by atoms with E-state index < -0.39 is 0 Å². The van der Waals surface area contributed by atoms with Crippen molar-refractivity contribution < 1.29 is 9.18 Å². The third kappa shape index (κ3) is 4.60. The molecule has 1 amide bonds. The second-order valence-corrected chi connectivity index (χ2v) is 8.38. The van der Waals surface area contributed by atoms with Gasteiger partial charge >= 0.3 is 0 Å². The lowest BCUT2D eigenvalue weighted by molar-refractivity contribution is 0.0540. The van der Waals surface area contributed by atoms with Gasteiger partial charge in [-0.1, -0.05) is 24.6 Å². The number of rotatable bonds is 5. The zero-order chi connectivity index (χ0) is 22.0. The summed E-state index contributed by atoms with van der Waals surface area (Å²) < 4.78 is 14.9. The van der Waals surface area contributed by atoms with Crippen molar-refractivity contribution in [3.05, 3.63) is 65.9 Å². The van der Waals surface area contributed by atoms with E-state index in [2.05, 4.69) is 22.3 Å². The Bertz CT molecular complexity index is 1060. The van der Waals surface area contributed by atoms with Crippen LogP contribution in [-0.2, 0) is 7.05 Å². The van der Waals surface area contributed by atoms with Gasteiger partial charge in [0.2, 0.25) is 0 Å². The monoisotopic (exact) mass is 421 g/mol. The van der Waals surface area contributed by atoms with Crippen molar-refractivity contribution in [2.45, 2.75) is 32.7 Å². The van der Waals surface area contributed by atoms with Crippen molar-refractivity contribution in [1.29, 1.82) is 0 Å². The maximum atomic E-state index is 13.8. The number of carbonyl (C=O) groups is 1. The summed E-state index contributed by atoms with van der Waals surface area (Å²) in [5.41, 5.74) is 3.58. The smallest absolute Gasteiger partial charge is 0.254 e. The minimum atomic E-state index is -0.365. The molecular formula is C24H28FN5O. The highest BCUT2D eigenvalue weighted by molar-refractivity contribution is 6.01. The number of hydrogen-bond acceptors (Lipinski definition) is 4. The van der Waals surface area contributed by atoms with Crippen LogP contribution in [0.25, 0.3) is 11.1 Å². The topological polar surface area (TPSA) is 63.1 Å². The molecule has 4 rings (SSSR count). The van der Waals surface area contributed by atoms with Crippen LogP contribution in [0.3, 0.4) is 0 Å². The SMILES string of the molecule is Cc1ccc(-c2cnn(C)c2)c(C(=O)N2CCCC(C)C2CNc2ccc(F)cn2)c1. The molecule has 31 heavy (non-hydrogen) atoms.